The number of carbonyl (C=O) groups is 1. The van der Waals surface area contributed by atoms with Crippen molar-refractivity contribution < 1.29 is 4.79 Å². The number of amides is 1. The van der Waals surface area contributed by atoms with Gasteiger partial charge in [0.1, 0.15) is 5.69 Å². The molecule has 4 nitrogen and oxygen atoms in total. The van der Waals surface area contributed by atoms with E-state index in [9.17, 15) is 4.79 Å². The van der Waals surface area contributed by atoms with Gasteiger partial charge in [-0.15, -0.1) is 11.3 Å². The molecule has 1 aromatic carbocycles. The molecule has 0 unspecified atom stereocenters. The molecular formula is C16H19N3OS. The quantitative estimate of drug-likeness (QED) is 0.948. The van der Waals surface area contributed by atoms with Crippen LogP contribution in [0.4, 0.5) is 0 Å². The zero-order chi connectivity index (χ0) is 14.8. The van der Waals surface area contributed by atoms with Crippen LogP contribution in [0.1, 0.15) is 28.3 Å². The third kappa shape index (κ3) is 2.71. The highest BCUT2D eigenvalue weighted by Gasteiger charge is 2.31. The molecule has 1 amide bonds. The third-order valence-corrected chi connectivity index (χ3v) is 4.90. The first-order valence-corrected chi connectivity index (χ1v) is 8.06. The summed E-state index contributed by atoms with van der Waals surface area (Å²) in [6.45, 7) is 3.25. The molecule has 0 bridgehead atoms. The Labute approximate surface area is 128 Å². The number of aryl methyl sites for hydroxylation is 1. The number of hydrogen-bond acceptors (Lipinski definition) is 4. The Morgan fingerprint density at radius 2 is 2.19 bits per heavy atom. The molecule has 1 atom stereocenters. The average molecular weight is 301 g/mol. The summed E-state index contributed by atoms with van der Waals surface area (Å²) in [6, 6.07) is 10.1. The summed E-state index contributed by atoms with van der Waals surface area (Å²) in [6.07, 6.45) is 2.02. The van der Waals surface area contributed by atoms with Crippen molar-refractivity contribution in [3.63, 3.8) is 0 Å². The molecule has 1 aromatic heterocycles. The lowest BCUT2D eigenvalue weighted by Gasteiger charge is -2.23. The molecule has 1 saturated heterocycles. The average Bonchev–Trinajstić information content (AvgIpc) is 3.13. The lowest BCUT2D eigenvalue weighted by atomic mass is 10.1. The molecule has 0 radical (unpaired) electrons. The van der Waals surface area contributed by atoms with Crippen LogP contribution in [0.3, 0.4) is 0 Å². The number of carbonyl (C=O) groups excluding carboxylic acids is 1. The van der Waals surface area contributed by atoms with Crippen LogP contribution in [0, 0.1) is 6.92 Å². The molecule has 1 aliphatic heterocycles. The maximum Gasteiger partial charge on any atom is 0.274 e. The number of benzene rings is 1. The standard InChI is InChI=1S/C16H19N3OS/c1-11-18-14(15(21-11)12-6-3-2-4-7-12)16(20)19-9-5-8-13(19)10-17/h2-4,6-7,13H,5,8-10,17H2,1H3/t13-/m0/s1. The van der Waals surface area contributed by atoms with Gasteiger partial charge in [0.25, 0.3) is 5.91 Å². The van der Waals surface area contributed by atoms with Crippen molar-refractivity contribution in [1.82, 2.24) is 9.88 Å². The second-order valence-electron chi connectivity index (χ2n) is 5.31. The van der Waals surface area contributed by atoms with Crippen LogP contribution in [-0.2, 0) is 0 Å². The van der Waals surface area contributed by atoms with Crippen LogP contribution in [0.5, 0.6) is 0 Å². The van der Waals surface area contributed by atoms with Gasteiger partial charge >= 0.3 is 0 Å². The minimum Gasteiger partial charge on any atom is -0.333 e. The second kappa shape index (κ2) is 5.95. The maximum absolute atomic E-state index is 12.8. The summed E-state index contributed by atoms with van der Waals surface area (Å²) in [4.78, 5) is 20.2. The van der Waals surface area contributed by atoms with Gasteiger partial charge in [-0.25, -0.2) is 4.98 Å². The van der Waals surface area contributed by atoms with Crippen LogP contribution >= 0.6 is 11.3 Å². The molecule has 0 saturated carbocycles. The smallest absolute Gasteiger partial charge is 0.274 e. The highest BCUT2D eigenvalue weighted by molar-refractivity contribution is 7.15. The number of nitrogens with two attached hydrogens (primary N) is 1. The molecule has 5 heteroatoms. The van der Waals surface area contributed by atoms with E-state index in [-0.39, 0.29) is 11.9 Å². The largest absolute Gasteiger partial charge is 0.333 e. The van der Waals surface area contributed by atoms with Gasteiger partial charge in [-0.1, -0.05) is 30.3 Å². The maximum atomic E-state index is 12.8. The van der Waals surface area contributed by atoms with Crippen molar-refractivity contribution in [1.29, 1.82) is 0 Å². The number of thiazole rings is 1. The van der Waals surface area contributed by atoms with Crippen molar-refractivity contribution in [2.45, 2.75) is 25.8 Å². The van der Waals surface area contributed by atoms with E-state index >= 15 is 0 Å². The molecule has 2 N–H and O–H groups in total. The number of nitrogens with zero attached hydrogens (tertiary/aromatic N) is 2. The summed E-state index contributed by atoms with van der Waals surface area (Å²) < 4.78 is 0. The first kappa shape index (κ1) is 14.2. The van der Waals surface area contributed by atoms with Crippen molar-refractivity contribution in [2.75, 3.05) is 13.1 Å². The van der Waals surface area contributed by atoms with E-state index in [4.69, 9.17) is 5.73 Å². The molecule has 1 fully saturated rings. The Morgan fingerprint density at radius 1 is 1.43 bits per heavy atom. The van der Waals surface area contributed by atoms with Crippen molar-refractivity contribution in [3.8, 4) is 10.4 Å². The Kier molecular flexibility index (Phi) is 4.03. The molecule has 1 aliphatic rings. The zero-order valence-electron chi connectivity index (χ0n) is 12.1. The molecule has 0 spiro atoms. The molecule has 2 heterocycles. The Hall–Kier alpha value is -1.72. The fourth-order valence-electron chi connectivity index (χ4n) is 2.84. The van der Waals surface area contributed by atoms with E-state index in [1.165, 1.54) is 0 Å². The van der Waals surface area contributed by atoms with Crippen LogP contribution in [0.15, 0.2) is 30.3 Å². The summed E-state index contributed by atoms with van der Waals surface area (Å²) in [5.74, 6) is 0.0196. The van der Waals surface area contributed by atoms with Gasteiger partial charge in [0.05, 0.1) is 9.88 Å². The summed E-state index contributed by atoms with van der Waals surface area (Å²) in [7, 11) is 0. The second-order valence-corrected chi connectivity index (χ2v) is 6.51. The van der Waals surface area contributed by atoms with Crippen molar-refractivity contribution >= 4 is 17.2 Å². The predicted molar refractivity (Wildman–Crippen MR) is 85.4 cm³/mol. The molecular weight excluding hydrogens is 282 g/mol. The SMILES string of the molecule is Cc1nc(C(=O)N2CCC[C@H]2CN)c(-c2ccccc2)s1. The molecule has 21 heavy (non-hydrogen) atoms. The highest BCUT2D eigenvalue weighted by Crippen LogP contribution is 2.32. The molecule has 110 valence electrons. The minimum atomic E-state index is 0.0196. The summed E-state index contributed by atoms with van der Waals surface area (Å²) in [5.41, 5.74) is 7.41. The Bertz CT molecular complexity index is 638. The molecule has 0 aliphatic carbocycles. The predicted octanol–water partition coefficient (Wildman–Crippen LogP) is 2.68. The van der Waals surface area contributed by atoms with Crippen molar-refractivity contribution in [2.24, 2.45) is 5.73 Å². The van der Waals surface area contributed by atoms with Crippen molar-refractivity contribution in [3.05, 3.63) is 41.0 Å². The molecule has 2 aromatic rings. The van der Waals surface area contributed by atoms with Gasteiger partial charge in [-0.3, -0.25) is 4.79 Å². The first-order valence-electron chi connectivity index (χ1n) is 7.24. The van der Waals surface area contributed by atoms with Crippen LogP contribution in [0.2, 0.25) is 0 Å². The van der Waals surface area contributed by atoms with Crippen LogP contribution in [0.25, 0.3) is 10.4 Å². The van der Waals surface area contributed by atoms with E-state index in [1.54, 1.807) is 11.3 Å². The minimum absolute atomic E-state index is 0.0196. The lowest BCUT2D eigenvalue weighted by Crippen LogP contribution is -2.40. The van der Waals surface area contributed by atoms with E-state index in [0.717, 1.165) is 34.8 Å². The molecule has 3 rings (SSSR count). The van der Waals surface area contributed by atoms with Gasteiger partial charge in [0.15, 0.2) is 0 Å². The third-order valence-electron chi connectivity index (χ3n) is 3.88. The topological polar surface area (TPSA) is 59.2 Å². The number of hydrogen-bond donors (Lipinski definition) is 1. The normalized spacial score (nSPS) is 18.2. The summed E-state index contributed by atoms with van der Waals surface area (Å²) >= 11 is 1.57. The lowest BCUT2D eigenvalue weighted by molar-refractivity contribution is 0.0736. The zero-order valence-corrected chi connectivity index (χ0v) is 12.9. The number of likely N-dealkylation sites (tertiary alicyclic amines) is 1. The monoisotopic (exact) mass is 301 g/mol. The van der Waals surface area contributed by atoms with Gasteiger partial charge in [0, 0.05) is 19.1 Å². The van der Waals surface area contributed by atoms with Crippen LogP contribution in [-0.4, -0.2) is 34.9 Å². The van der Waals surface area contributed by atoms with E-state index in [1.807, 2.05) is 42.2 Å². The summed E-state index contributed by atoms with van der Waals surface area (Å²) in [5, 5.41) is 0.917. The van der Waals surface area contributed by atoms with Gasteiger partial charge in [0.2, 0.25) is 0 Å². The highest BCUT2D eigenvalue weighted by atomic mass is 32.1. The van der Waals surface area contributed by atoms with Gasteiger partial charge < -0.3 is 10.6 Å². The van der Waals surface area contributed by atoms with E-state index in [0.29, 0.717) is 12.2 Å². The fourth-order valence-corrected chi connectivity index (χ4v) is 3.76. The van der Waals surface area contributed by atoms with E-state index in [2.05, 4.69) is 4.98 Å². The van der Waals surface area contributed by atoms with Gasteiger partial charge in [-0.2, -0.15) is 0 Å². The van der Waals surface area contributed by atoms with Crippen LogP contribution < -0.4 is 5.73 Å². The first-order chi connectivity index (χ1) is 10.2. The van der Waals surface area contributed by atoms with E-state index < -0.39 is 0 Å². The van der Waals surface area contributed by atoms with Gasteiger partial charge in [-0.05, 0) is 25.3 Å². The number of aromatic nitrogens is 1. The fraction of sp³-hybridized carbons (Fsp3) is 0.375. The number of rotatable bonds is 3. The Balaban J connectivity index is 1.97. The Morgan fingerprint density at radius 3 is 2.90 bits per heavy atom.